The van der Waals surface area contributed by atoms with Crippen molar-refractivity contribution < 1.29 is 57.3 Å². The molecule has 0 unspecified atom stereocenters. The fraction of sp³-hybridized carbons (Fsp3) is 0.935. The third kappa shape index (κ3) is 38.6. The molecule has 0 spiro atoms. The molecule has 0 saturated carbocycles. The average Bonchev–Trinajstić information content (AvgIpc) is 3.02. The molecule has 0 aromatic heterocycles. The van der Waals surface area contributed by atoms with Crippen molar-refractivity contribution in [2.45, 2.75) is 64.7 Å². The van der Waals surface area contributed by atoms with Crippen molar-refractivity contribution in [2.24, 2.45) is 0 Å². The van der Waals surface area contributed by atoms with E-state index in [1.807, 2.05) is 0 Å². The second-order valence-corrected chi connectivity index (χ2v) is 9.88. The van der Waals surface area contributed by atoms with Crippen LogP contribution in [0, 0.1) is 0 Å². The lowest BCUT2D eigenvalue weighted by atomic mass is 10.1. The summed E-state index contributed by atoms with van der Waals surface area (Å²) in [5.41, 5.74) is 0. The van der Waals surface area contributed by atoms with Crippen molar-refractivity contribution in [3.8, 4) is 0 Å². The van der Waals surface area contributed by atoms with Crippen LogP contribution in [0.1, 0.15) is 64.7 Å². The number of amides is 1. The summed E-state index contributed by atoms with van der Waals surface area (Å²) >= 11 is 0. The van der Waals surface area contributed by atoms with Crippen molar-refractivity contribution in [3.63, 3.8) is 0 Å². The van der Waals surface area contributed by atoms with Gasteiger partial charge in [0, 0.05) is 26.2 Å². The molecule has 0 heterocycles. The second kappa shape index (κ2) is 37.8. The number of nitrogens with one attached hydrogen (secondary N) is 1. The molecule has 0 aromatic rings. The first-order valence-corrected chi connectivity index (χ1v) is 16.3. The lowest BCUT2D eigenvalue weighted by Crippen LogP contribution is -2.25. The highest BCUT2D eigenvalue weighted by molar-refractivity contribution is 5.80. The first-order valence-electron chi connectivity index (χ1n) is 16.3. The van der Waals surface area contributed by atoms with Gasteiger partial charge in [-0.05, 0) is 12.8 Å². The summed E-state index contributed by atoms with van der Waals surface area (Å²) in [6, 6.07) is 0. The van der Waals surface area contributed by atoms with Gasteiger partial charge in [-0.25, -0.2) is 0 Å². The fourth-order valence-corrected chi connectivity index (χ4v) is 3.56. The Morgan fingerprint density at radius 3 is 1.11 bits per heavy atom. The van der Waals surface area contributed by atoms with Gasteiger partial charge in [0.05, 0.1) is 112 Å². The summed E-state index contributed by atoms with van der Waals surface area (Å²) in [6.45, 7) is 12.3. The number of ether oxygens (including phenoxy) is 9. The Hall–Kier alpha value is -1.42. The number of carboxylic acids is 1. The first-order chi connectivity index (χ1) is 21.7. The second-order valence-electron chi connectivity index (χ2n) is 9.88. The number of carbonyl (C=O) groups excluding carboxylic acids is 1. The van der Waals surface area contributed by atoms with Gasteiger partial charge < -0.3 is 53.1 Å². The Morgan fingerprint density at radius 1 is 0.432 bits per heavy atom. The summed E-state index contributed by atoms with van der Waals surface area (Å²) in [4.78, 5) is 21.7. The van der Waals surface area contributed by atoms with Crippen LogP contribution in [0.15, 0.2) is 0 Å². The van der Waals surface area contributed by atoms with Gasteiger partial charge in [0.2, 0.25) is 5.91 Å². The van der Waals surface area contributed by atoms with Crippen LogP contribution in [-0.4, -0.2) is 142 Å². The molecule has 0 aliphatic rings. The summed E-state index contributed by atoms with van der Waals surface area (Å²) in [5, 5.41) is 11.2. The van der Waals surface area contributed by atoms with E-state index in [9.17, 15) is 9.59 Å². The Balaban J connectivity index is 3.08. The molecule has 13 heteroatoms. The van der Waals surface area contributed by atoms with Crippen LogP contribution in [0.25, 0.3) is 0 Å². The van der Waals surface area contributed by atoms with Crippen LogP contribution in [0.5, 0.6) is 0 Å². The zero-order valence-electron chi connectivity index (χ0n) is 27.2. The van der Waals surface area contributed by atoms with E-state index in [0.717, 1.165) is 13.0 Å². The average molecular weight is 640 g/mol. The Morgan fingerprint density at radius 2 is 0.750 bits per heavy atom. The van der Waals surface area contributed by atoms with Crippen molar-refractivity contribution in [1.82, 2.24) is 5.32 Å². The van der Waals surface area contributed by atoms with Crippen LogP contribution in [-0.2, 0) is 52.2 Å². The molecular weight excluding hydrogens is 578 g/mol. The number of hydrogen-bond acceptors (Lipinski definition) is 11. The minimum Gasteiger partial charge on any atom is -0.481 e. The topological polar surface area (TPSA) is 149 Å². The van der Waals surface area contributed by atoms with Gasteiger partial charge in [-0.3, -0.25) is 9.59 Å². The van der Waals surface area contributed by atoms with E-state index in [-0.39, 0.29) is 18.7 Å². The highest BCUT2D eigenvalue weighted by atomic mass is 16.6. The predicted octanol–water partition coefficient (Wildman–Crippen LogP) is 2.87. The maximum absolute atomic E-state index is 11.4. The van der Waals surface area contributed by atoms with E-state index in [0.29, 0.717) is 125 Å². The van der Waals surface area contributed by atoms with Gasteiger partial charge in [-0.2, -0.15) is 0 Å². The molecule has 0 aliphatic heterocycles. The number of carbonyl (C=O) groups is 2. The number of aliphatic carboxylic acids is 1. The lowest BCUT2D eigenvalue weighted by Gasteiger charge is -2.09. The molecule has 0 rings (SSSR count). The van der Waals surface area contributed by atoms with Crippen molar-refractivity contribution >= 4 is 11.9 Å². The fourth-order valence-electron chi connectivity index (χ4n) is 3.56. The highest BCUT2D eigenvalue weighted by Crippen LogP contribution is 2.04. The standard InChI is InChI=1S/C31H61NO12/c1-2-3-4-5-6-7-12-36-14-16-38-18-20-40-22-24-42-26-28-44-29-27-43-25-23-41-21-19-39-17-15-37-13-8-11-32-30(33)9-10-31(34)35/h2-29H2,1H3,(H,32,33)(H,34,35). The van der Waals surface area contributed by atoms with E-state index in [2.05, 4.69) is 12.2 Å². The minimum absolute atomic E-state index is 0.00570. The van der Waals surface area contributed by atoms with Gasteiger partial charge in [-0.15, -0.1) is 0 Å². The zero-order chi connectivity index (χ0) is 32.0. The molecule has 0 aromatic carbocycles. The quantitative estimate of drug-likeness (QED) is 0.0957. The lowest BCUT2D eigenvalue weighted by molar-refractivity contribution is -0.138. The van der Waals surface area contributed by atoms with Gasteiger partial charge in [0.15, 0.2) is 0 Å². The van der Waals surface area contributed by atoms with Gasteiger partial charge >= 0.3 is 5.97 Å². The van der Waals surface area contributed by atoms with Crippen LogP contribution in [0.4, 0.5) is 0 Å². The first kappa shape index (κ1) is 42.6. The maximum atomic E-state index is 11.4. The monoisotopic (exact) mass is 639 g/mol. The molecule has 0 bridgehead atoms. The third-order valence-electron chi connectivity index (χ3n) is 5.97. The number of hydrogen-bond donors (Lipinski definition) is 2. The predicted molar refractivity (Wildman–Crippen MR) is 165 cm³/mol. The molecule has 0 aliphatic carbocycles. The Bertz CT molecular complexity index is 600. The minimum atomic E-state index is -0.979. The summed E-state index contributed by atoms with van der Waals surface area (Å²) in [6.07, 6.45) is 8.14. The molecule has 44 heavy (non-hydrogen) atoms. The summed E-state index contributed by atoms with van der Waals surface area (Å²) in [7, 11) is 0. The molecule has 0 atom stereocenters. The number of rotatable bonds is 38. The largest absolute Gasteiger partial charge is 0.481 e. The molecule has 262 valence electrons. The van der Waals surface area contributed by atoms with Gasteiger partial charge in [-0.1, -0.05) is 39.0 Å². The highest BCUT2D eigenvalue weighted by Gasteiger charge is 2.04. The third-order valence-corrected chi connectivity index (χ3v) is 5.97. The zero-order valence-corrected chi connectivity index (χ0v) is 27.2. The van der Waals surface area contributed by atoms with Crippen molar-refractivity contribution in [1.29, 1.82) is 0 Å². The molecule has 2 N–H and O–H groups in total. The molecule has 0 fully saturated rings. The van der Waals surface area contributed by atoms with Crippen molar-refractivity contribution in [3.05, 3.63) is 0 Å². The van der Waals surface area contributed by atoms with E-state index < -0.39 is 5.97 Å². The summed E-state index contributed by atoms with van der Waals surface area (Å²) in [5.74, 6) is -1.24. The Labute approximate surface area is 264 Å². The smallest absolute Gasteiger partial charge is 0.303 e. The van der Waals surface area contributed by atoms with Gasteiger partial charge in [0.25, 0.3) is 0 Å². The van der Waals surface area contributed by atoms with E-state index in [1.54, 1.807) is 0 Å². The normalized spacial score (nSPS) is 11.3. The Kier molecular flexibility index (Phi) is 36.5. The number of carboxylic acid groups (broad SMARTS) is 1. The van der Waals surface area contributed by atoms with E-state index >= 15 is 0 Å². The molecular formula is C31H61NO12. The SMILES string of the molecule is CCCCCCCCOCCOCCOCCOCCOCCOCCOCCOCCOCCCNC(=O)CCC(=O)O. The van der Waals surface area contributed by atoms with Gasteiger partial charge in [0.1, 0.15) is 0 Å². The summed E-state index contributed by atoms with van der Waals surface area (Å²) < 4.78 is 49.2. The van der Waals surface area contributed by atoms with E-state index in [1.165, 1.54) is 32.1 Å². The van der Waals surface area contributed by atoms with Crippen LogP contribution < -0.4 is 5.32 Å². The van der Waals surface area contributed by atoms with Crippen LogP contribution >= 0.6 is 0 Å². The van der Waals surface area contributed by atoms with Crippen LogP contribution in [0.3, 0.4) is 0 Å². The molecule has 13 nitrogen and oxygen atoms in total. The molecule has 0 saturated heterocycles. The number of unbranched alkanes of at least 4 members (excludes halogenated alkanes) is 5. The molecule has 0 radical (unpaired) electrons. The van der Waals surface area contributed by atoms with E-state index in [4.69, 9.17) is 47.7 Å². The maximum Gasteiger partial charge on any atom is 0.303 e. The molecule has 1 amide bonds. The van der Waals surface area contributed by atoms with Crippen LogP contribution in [0.2, 0.25) is 0 Å². The van der Waals surface area contributed by atoms with Crippen molar-refractivity contribution in [2.75, 3.05) is 125 Å².